The van der Waals surface area contributed by atoms with Gasteiger partial charge in [-0.3, -0.25) is 0 Å². The average molecular weight is 259 g/mol. The summed E-state index contributed by atoms with van der Waals surface area (Å²) >= 11 is 0. The van der Waals surface area contributed by atoms with E-state index in [9.17, 15) is 18.1 Å². The van der Waals surface area contributed by atoms with Gasteiger partial charge in [-0.15, -0.1) is 0 Å². The van der Waals surface area contributed by atoms with Crippen LogP contribution in [0.2, 0.25) is 0 Å². The van der Waals surface area contributed by atoms with Gasteiger partial charge in [-0.1, -0.05) is 6.92 Å². The first kappa shape index (κ1) is 16.8. The van der Waals surface area contributed by atoms with Gasteiger partial charge >= 0.3 is 29.6 Å². The molecular weight excluding hydrogens is 241 g/mol. The van der Waals surface area contributed by atoms with Crippen LogP contribution < -0.4 is 29.6 Å². The number of rotatable bonds is 3. The molecule has 0 spiro atoms. The molecule has 0 aromatic rings. The summed E-state index contributed by atoms with van der Waals surface area (Å²) in [5.74, 6) is 0. The Kier molecular flexibility index (Phi) is 7.03. The maximum atomic E-state index is 10.9. The van der Waals surface area contributed by atoms with E-state index in [1.807, 2.05) is 6.92 Å². The Balaban J connectivity index is 0.00000225. The second kappa shape index (κ2) is 6.68. The van der Waals surface area contributed by atoms with Crippen molar-refractivity contribution in [2.45, 2.75) is 37.5 Å². The molecule has 7 heteroatoms. The Hall–Kier alpha value is 0.830. The van der Waals surface area contributed by atoms with Crippen LogP contribution in [0.25, 0.3) is 0 Å². The van der Waals surface area contributed by atoms with Crippen LogP contribution in [0.4, 0.5) is 0 Å². The van der Waals surface area contributed by atoms with Gasteiger partial charge in [0, 0.05) is 13.0 Å². The zero-order chi connectivity index (χ0) is 11.5. The van der Waals surface area contributed by atoms with Crippen LogP contribution in [0, 0.1) is 0 Å². The van der Waals surface area contributed by atoms with Gasteiger partial charge in [0.1, 0.15) is 10.1 Å². The van der Waals surface area contributed by atoms with Crippen LogP contribution in [0.3, 0.4) is 0 Å². The van der Waals surface area contributed by atoms with Crippen molar-refractivity contribution >= 4 is 10.1 Å². The molecule has 1 aliphatic rings. The van der Waals surface area contributed by atoms with Crippen LogP contribution in [-0.4, -0.2) is 47.5 Å². The normalized spacial score (nSPS) is 28.2. The van der Waals surface area contributed by atoms with Crippen molar-refractivity contribution in [1.82, 2.24) is 4.90 Å². The molecule has 1 N–H and O–H groups in total. The molecule has 0 bridgehead atoms. The van der Waals surface area contributed by atoms with E-state index in [2.05, 4.69) is 4.90 Å². The Morgan fingerprint density at radius 2 is 2.00 bits per heavy atom. The van der Waals surface area contributed by atoms with Crippen molar-refractivity contribution in [3.63, 3.8) is 0 Å². The molecule has 0 aromatic heterocycles. The molecule has 90 valence electrons. The van der Waals surface area contributed by atoms with E-state index in [0.29, 0.717) is 13.0 Å². The molecule has 1 atom stereocenters. The van der Waals surface area contributed by atoms with Crippen molar-refractivity contribution in [2.24, 2.45) is 0 Å². The first-order valence-electron chi connectivity index (χ1n) is 5.29. The quantitative estimate of drug-likeness (QED) is 0.435. The molecule has 1 heterocycles. The standard InChI is InChI=1S/C9H19NO4S.Na/c1-2-6-10-7-3-4-9(11,5-8-10)15(12,13)14;/h11H,2-8H2,1H3,(H,12,13,14);/q;+1/p-1. The summed E-state index contributed by atoms with van der Waals surface area (Å²) in [6.45, 7) is 4.16. The predicted molar refractivity (Wildman–Crippen MR) is 55.2 cm³/mol. The fraction of sp³-hybridized carbons (Fsp3) is 1.00. The molecule has 1 saturated heterocycles. The van der Waals surface area contributed by atoms with E-state index in [-0.39, 0.29) is 42.4 Å². The Morgan fingerprint density at radius 1 is 1.38 bits per heavy atom. The van der Waals surface area contributed by atoms with Crippen LogP contribution >= 0.6 is 0 Å². The van der Waals surface area contributed by atoms with Gasteiger partial charge < -0.3 is 14.6 Å². The molecule has 5 nitrogen and oxygen atoms in total. The first-order chi connectivity index (χ1) is 6.89. The van der Waals surface area contributed by atoms with Crippen molar-refractivity contribution < 1.29 is 47.6 Å². The molecule has 0 saturated carbocycles. The van der Waals surface area contributed by atoms with Gasteiger partial charge in [-0.05, 0) is 32.4 Å². The Morgan fingerprint density at radius 3 is 2.50 bits per heavy atom. The van der Waals surface area contributed by atoms with Gasteiger partial charge in [0.15, 0.2) is 4.93 Å². The van der Waals surface area contributed by atoms with Gasteiger partial charge in [0.2, 0.25) is 0 Å². The summed E-state index contributed by atoms with van der Waals surface area (Å²) in [7, 11) is -4.61. The van der Waals surface area contributed by atoms with Crippen molar-refractivity contribution in [1.29, 1.82) is 0 Å². The molecule has 0 aliphatic carbocycles. The first-order valence-corrected chi connectivity index (χ1v) is 6.70. The van der Waals surface area contributed by atoms with E-state index in [1.54, 1.807) is 0 Å². The molecule has 16 heavy (non-hydrogen) atoms. The topological polar surface area (TPSA) is 80.7 Å². The van der Waals surface area contributed by atoms with E-state index in [0.717, 1.165) is 19.5 Å². The maximum Gasteiger partial charge on any atom is 1.00 e. The zero-order valence-corrected chi connectivity index (χ0v) is 12.8. The number of aliphatic hydroxyl groups is 1. The van der Waals surface area contributed by atoms with Crippen molar-refractivity contribution in [3.05, 3.63) is 0 Å². The van der Waals surface area contributed by atoms with E-state index in [1.165, 1.54) is 0 Å². The van der Waals surface area contributed by atoms with E-state index < -0.39 is 15.1 Å². The molecule has 0 radical (unpaired) electrons. The Labute approximate surface area is 119 Å². The Bertz CT molecular complexity index is 309. The van der Waals surface area contributed by atoms with Crippen LogP contribution in [0.1, 0.15) is 32.6 Å². The van der Waals surface area contributed by atoms with E-state index in [4.69, 9.17) is 0 Å². The van der Waals surface area contributed by atoms with Gasteiger partial charge in [0.25, 0.3) is 0 Å². The molecule has 0 aromatic carbocycles. The molecule has 0 amide bonds. The second-order valence-electron chi connectivity index (χ2n) is 4.10. The maximum absolute atomic E-state index is 10.9. The predicted octanol–water partition coefficient (Wildman–Crippen LogP) is -2.88. The number of nitrogens with zero attached hydrogens (tertiary/aromatic N) is 1. The third-order valence-electron chi connectivity index (χ3n) is 2.87. The van der Waals surface area contributed by atoms with Gasteiger partial charge in [-0.25, -0.2) is 8.42 Å². The molecule has 1 unspecified atom stereocenters. The summed E-state index contributed by atoms with van der Waals surface area (Å²) in [5.41, 5.74) is 0. The SMILES string of the molecule is CCCN1CCCC(O)(S(=O)(=O)[O-])CC1.[Na+]. The minimum atomic E-state index is -4.61. The molecule has 1 fully saturated rings. The van der Waals surface area contributed by atoms with E-state index >= 15 is 0 Å². The summed E-state index contributed by atoms with van der Waals surface area (Å²) < 4.78 is 32.7. The zero-order valence-electron chi connectivity index (χ0n) is 9.98. The number of likely N-dealkylation sites (tertiary alicyclic amines) is 1. The molecule has 1 rings (SSSR count). The average Bonchev–Trinajstić information content (AvgIpc) is 2.29. The largest absolute Gasteiger partial charge is 1.00 e. The summed E-state index contributed by atoms with van der Waals surface area (Å²) in [6, 6.07) is 0. The minimum Gasteiger partial charge on any atom is -0.746 e. The monoisotopic (exact) mass is 259 g/mol. The smallest absolute Gasteiger partial charge is 0.746 e. The van der Waals surface area contributed by atoms with Gasteiger partial charge in [0.05, 0.1) is 0 Å². The van der Waals surface area contributed by atoms with Crippen molar-refractivity contribution in [2.75, 3.05) is 19.6 Å². The summed E-state index contributed by atoms with van der Waals surface area (Å²) in [4.78, 5) is 0.0403. The fourth-order valence-corrected chi connectivity index (χ4v) is 2.67. The number of hydrogen-bond acceptors (Lipinski definition) is 5. The van der Waals surface area contributed by atoms with Crippen molar-refractivity contribution in [3.8, 4) is 0 Å². The summed E-state index contributed by atoms with van der Waals surface area (Å²) in [5, 5.41) is 9.75. The fourth-order valence-electron chi connectivity index (χ4n) is 1.94. The molecular formula is C9H18NNaO4S. The van der Waals surface area contributed by atoms with Gasteiger partial charge in [-0.2, -0.15) is 0 Å². The number of hydrogen-bond donors (Lipinski definition) is 1. The summed E-state index contributed by atoms with van der Waals surface area (Å²) in [6.07, 6.45) is 1.62. The van der Waals surface area contributed by atoms with Crippen LogP contribution in [0.15, 0.2) is 0 Å². The third kappa shape index (κ3) is 4.25. The van der Waals surface area contributed by atoms with Crippen LogP contribution in [0.5, 0.6) is 0 Å². The van der Waals surface area contributed by atoms with Crippen LogP contribution in [-0.2, 0) is 10.1 Å². The minimum absolute atomic E-state index is 0. The second-order valence-corrected chi connectivity index (χ2v) is 5.76. The third-order valence-corrected chi connectivity index (χ3v) is 4.20. The molecule has 1 aliphatic heterocycles.